The van der Waals surface area contributed by atoms with Gasteiger partial charge in [0, 0.05) is 13.0 Å². The van der Waals surface area contributed by atoms with E-state index in [4.69, 9.17) is 11.6 Å². The van der Waals surface area contributed by atoms with E-state index in [0.29, 0.717) is 29.5 Å². The number of fused-ring (bicyclic) bond motifs is 1. The first kappa shape index (κ1) is 15.6. The van der Waals surface area contributed by atoms with Crippen molar-refractivity contribution in [2.45, 2.75) is 32.7 Å². The van der Waals surface area contributed by atoms with E-state index in [1.165, 1.54) is 4.57 Å². The van der Waals surface area contributed by atoms with Gasteiger partial charge < -0.3 is 10.4 Å². The molecule has 0 bridgehead atoms. The van der Waals surface area contributed by atoms with Gasteiger partial charge in [-0.05, 0) is 31.4 Å². The van der Waals surface area contributed by atoms with Crippen LogP contribution in [0.15, 0.2) is 23.0 Å². The van der Waals surface area contributed by atoms with Crippen molar-refractivity contribution < 1.29 is 9.90 Å². The first-order valence-electron chi connectivity index (χ1n) is 7.38. The second kappa shape index (κ2) is 6.04. The summed E-state index contributed by atoms with van der Waals surface area (Å²) in [6.45, 7) is 2.32. The topological polar surface area (TPSA) is 84.2 Å². The van der Waals surface area contributed by atoms with Crippen LogP contribution in [0.2, 0.25) is 5.02 Å². The number of rotatable bonds is 2. The summed E-state index contributed by atoms with van der Waals surface area (Å²) in [6.07, 6.45) is 2.38. The fraction of sp³-hybridized carbons (Fsp3) is 0.312. The van der Waals surface area contributed by atoms with E-state index in [0.717, 1.165) is 18.4 Å². The van der Waals surface area contributed by atoms with Gasteiger partial charge in [-0.15, -0.1) is 0 Å². The standard InChI is InChI=1S/C16H16ClN3O3/c1-9-5-4-6-10(13(9)17)18-14(21)12-15(22)19-11-7-2-3-8-20(11)16(12)23/h4-6,22H,2-3,7-8H2,1H3,(H,18,21). The average Bonchev–Trinajstić information content (AvgIpc) is 2.52. The number of hydrogen-bond donors (Lipinski definition) is 2. The highest BCUT2D eigenvalue weighted by Crippen LogP contribution is 2.26. The number of carbonyl (C=O) groups excluding carboxylic acids is 1. The van der Waals surface area contributed by atoms with Crippen LogP contribution in [0.25, 0.3) is 0 Å². The molecule has 0 radical (unpaired) electrons. The number of aromatic nitrogens is 2. The van der Waals surface area contributed by atoms with Gasteiger partial charge in [0.25, 0.3) is 11.5 Å². The number of aryl methyl sites for hydroxylation is 2. The van der Waals surface area contributed by atoms with Gasteiger partial charge in [-0.2, -0.15) is 4.98 Å². The number of nitrogens with one attached hydrogen (secondary N) is 1. The summed E-state index contributed by atoms with van der Waals surface area (Å²) in [5.74, 6) is -0.735. The molecule has 0 saturated heterocycles. The number of benzene rings is 1. The molecule has 7 heteroatoms. The molecule has 1 aromatic heterocycles. The maximum Gasteiger partial charge on any atom is 0.270 e. The van der Waals surface area contributed by atoms with Crippen molar-refractivity contribution in [3.63, 3.8) is 0 Å². The highest BCUT2D eigenvalue weighted by Gasteiger charge is 2.24. The highest BCUT2D eigenvalue weighted by molar-refractivity contribution is 6.34. The normalized spacial score (nSPS) is 13.5. The summed E-state index contributed by atoms with van der Waals surface area (Å²) < 4.78 is 1.45. The Morgan fingerprint density at radius 2 is 2.17 bits per heavy atom. The fourth-order valence-electron chi connectivity index (χ4n) is 2.69. The third-order valence-corrected chi connectivity index (χ3v) is 4.43. The van der Waals surface area contributed by atoms with E-state index in [1.807, 2.05) is 13.0 Å². The second-order valence-corrected chi connectivity index (χ2v) is 5.91. The molecular formula is C16H16ClN3O3. The molecule has 0 spiro atoms. The molecule has 120 valence electrons. The Kier molecular flexibility index (Phi) is 4.09. The lowest BCUT2D eigenvalue weighted by Crippen LogP contribution is -2.34. The van der Waals surface area contributed by atoms with Crippen LogP contribution in [0.1, 0.15) is 34.6 Å². The Hall–Kier alpha value is -2.34. The summed E-state index contributed by atoms with van der Waals surface area (Å²) in [5.41, 5.74) is 0.314. The molecule has 0 saturated carbocycles. The van der Waals surface area contributed by atoms with Gasteiger partial charge >= 0.3 is 0 Å². The molecule has 0 unspecified atom stereocenters. The first-order chi connectivity index (χ1) is 11.0. The smallest absolute Gasteiger partial charge is 0.270 e. The van der Waals surface area contributed by atoms with Crippen LogP contribution in [0.4, 0.5) is 5.69 Å². The summed E-state index contributed by atoms with van der Waals surface area (Å²) in [4.78, 5) is 28.9. The Balaban J connectivity index is 2.00. The number of anilines is 1. The summed E-state index contributed by atoms with van der Waals surface area (Å²) >= 11 is 6.14. The molecule has 1 aliphatic rings. The molecule has 2 aromatic rings. The number of aromatic hydroxyl groups is 1. The zero-order valence-corrected chi connectivity index (χ0v) is 13.4. The SMILES string of the molecule is Cc1cccc(NC(=O)c2c(O)nc3n(c2=O)CCCC3)c1Cl. The number of nitrogens with zero attached hydrogens (tertiary/aromatic N) is 2. The Labute approximate surface area is 137 Å². The third kappa shape index (κ3) is 2.82. The van der Waals surface area contributed by atoms with Crippen molar-refractivity contribution in [3.05, 3.63) is 50.5 Å². The fourth-order valence-corrected chi connectivity index (χ4v) is 2.86. The largest absolute Gasteiger partial charge is 0.493 e. The van der Waals surface area contributed by atoms with Crippen LogP contribution in [0, 0.1) is 6.92 Å². The van der Waals surface area contributed by atoms with E-state index in [-0.39, 0.29) is 5.56 Å². The van der Waals surface area contributed by atoms with Crippen LogP contribution in [-0.4, -0.2) is 20.6 Å². The van der Waals surface area contributed by atoms with E-state index >= 15 is 0 Å². The van der Waals surface area contributed by atoms with Gasteiger partial charge in [0.1, 0.15) is 5.82 Å². The first-order valence-corrected chi connectivity index (χ1v) is 7.76. The minimum Gasteiger partial charge on any atom is -0.493 e. The van der Waals surface area contributed by atoms with Crippen LogP contribution < -0.4 is 10.9 Å². The third-order valence-electron chi connectivity index (χ3n) is 3.93. The molecule has 0 fully saturated rings. The van der Waals surface area contributed by atoms with Gasteiger partial charge in [-0.3, -0.25) is 14.2 Å². The molecule has 2 heterocycles. The van der Waals surface area contributed by atoms with Gasteiger partial charge in [-0.25, -0.2) is 0 Å². The lowest BCUT2D eigenvalue weighted by molar-refractivity contribution is 0.102. The maximum absolute atomic E-state index is 12.5. The molecule has 3 rings (SSSR count). The minimum atomic E-state index is -0.714. The Morgan fingerprint density at radius 3 is 2.96 bits per heavy atom. The van der Waals surface area contributed by atoms with Crippen molar-refractivity contribution in [1.82, 2.24) is 9.55 Å². The van der Waals surface area contributed by atoms with Crippen molar-refractivity contribution in [3.8, 4) is 5.88 Å². The maximum atomic E-state index is 12.5. The van der Waals surface area contributed by atoms with Crippen LogP contribution in [0.5, 0.6) is 5.88 Å². The van der Waals surface area contributed by atoms with E-state index < -0.39 is 17.3 Å². The number of carbonyl (C=O) groups is 1. The quantitative estimate of drug-likeness (QED) is 0.884. The van der Waals surface area contributed by atoms with Crippen molar-refractivity contribution in [2.75, 3.05) is 5.32 Å². The monoisotopic (exact) mass is 333 g/mol. The predicted octanol–water partition coefficient (Wildman–Crippen LogP) is 2.50. The molecular weight excluding hydrogens is 318 g/mol. The van der Waals surface area contributed by atoms with Crippen molar-refractivity contribution in [1.29, 1.82) is 0 Å². The molecule has 1 aromatic carbocycles. The number of amides is 1. The zero-order valence-electron chi connectivity index (χ0n) is 12.6. The molecule has 1 amide bonds. The molecule has 2 N–H and O–H groups in total. The molecule has 6 nitrogen and oxygen atoms in total. The van der Waals surface area contributed by atoms with Gasteiger partial charge in [0.15, 0.2) is 5.56 Å². The van der Waals surface area contributed by atoms with Crippen molar-refractivity contribution in [2.24, 2.45) is 0 Å². The van der Waals surface area contributed by atoms with Crippen LogP contribution >= 0.6 is 11.6 Å². The molecule has 0 aliphatic carbocycles. The second-order valence-electron chi connectivity index (χ2n) is 5.53. The van der Waals surface area contributed by atoms with E-state index in [2.05, 4.69) is 10.3 Å². The zero-order chi connectivity index (χ0) is 16.6. The Morgan fingerprint density at radius 1 is 1.39 bits per heavy atom. The summed E-state index contributed by atoms with van der Waals surface area (Å²) in [6, 6.07) is 5.19. The van der Waals surface area contributed by atoms with Crippen molar-refractivity contribution >= 4 is 23.2 Å². The molecule has 1 aliphatic heterocycles. The lowest BCUT2D eigenvalue weighted by atomic mass is 10.1. The molecule has 23 heavy (non-hydrogen) atoms. The van der Waals surface area contributed by atoms with Gasteiger partial charge in [0.05, 0.1) is 10.7 Å². The minimum absolute atomic E-state index is 0.353. The summed E-state index contributed by atoms with van der Waals surface area (Å²) in [5, 5.41) is 13.0. The number of halogens is 1. The van der Waals surface area contributed by atoms with Gasteiger partial charge in [-0.1, -0.05) is 23.7 Å². The van der Waals surface area contributed by atoms with E-state index in [9.17, 15) is 14.7 Å². The average molecular weight is 334 g/mol. The Bertz CT molecular complexity index is 845. The summed E-state index contributed by atoms with van der Waals surface area (Å²) in [7, 11) is 0. The van der Waals surface area contributed by atoms with Crippen LogP contribution in [-0.2, 0) is 13.0 Å². The predicted molar refractivity (Wildman–Crippen MR) is 87.2 cm³/mol. The van der Waals surface area contributed by atoms with Crippen LogP contribution in [0.3, 0.4) is 0 Å². The lowest BCUT2D eigenvalue weighted by Gasteiger charge is -2.18. The van der Waals surface area contributed by atoms with Gasteiger partial charge in [0.2, 0.25) is 5.88 Å². The highest BCUT2D eigenvalue weighted by atomic mass is 35.5. The van der Waals surface area contributed by atoms with E-state index in [1.54, 1.807) is 12.1 Å². The molecule has 0 atom stereocenters. The number of hydrogen-bond acceptors (Lipinski definition) is 4.